The molecule has 0 radical (unpaired) electrons. The molecule has 3 aromatic carbocycles. The Morgan fingerprint density at radius 1 is 0.448 bits per heavy atom. The van der Waals surface area contributed by atoms with Gasteiger partial charge in [-0.1, -0.05) is 0 Å². The molecular weight excluding hydrogens is 485 g/mol. The van der Waals surface area contributed by atoms with E-state index < -0.39 is 14.2 Å². The molecule has 3 N–H and O–H groups in total. The SMILES string of the molecule is F[As-](F)(F)(F)(F)F.Oc1ccc([S+](c2ccc(O)cc2)c2ccc(O)cc2)cc1. The number of phenols is 3. The normalized spacial score (nSPS) is 13.8. The van der Waals surface area contributed by atoms with E-state index in [-0.39, 0.29) is 28.1 Å². The molecule has 0 atom stereocenters. The summed E-state index contributed by atoms with van der Waals surface area (Å²) in [4.78, 5) is 3.15. The number of phenolic OH excluding ortho intramolecular Hbond substituents is 3. The van der Waals surface area contributed by atoms with Gasteiger partial charge in [0.05, 0.1) is 10.9 Å². The Morgan fingerprint density at radius 3 is 0.793 bits per heavy atom. The zero-order valence-corrected chi connectivity index (χ0v) is 17.1. The Kier molecular flexibility index (Phi) is 5.84. The average Bonchev–Trinajstić information content (AvgIpc) is 2.57. The third-order valence-electron chi connectivity index (χ3n) is 3.22. The van der Waals surface area contributed by atoms with Crippen molar-refractivity contribution in [2.24, 2.45) is 0 Å². The Balaban J connectivity index is 0.000000370. The molecule has 0 amide bonds. The average molecular weight is 500 g/mol. The zero-order chi connectivity index (χ0) is 21.9. The van der Waals surface area contributed by atoms with Gasteiger partial charge in [-0.2, -0.15) is 0 Å². The Morgan fingerprint density at radius 2 is 0.621 bits per heavy atom. The number of hydrogen-bond donors (Lipinski definition) is 3. The third-order valence-corrected chi connectivity index (χ3v) is 5.45. The molecule has 0 unspecified atom stereocenters. The van der Waals surface area contributed by atoms with Crippen LogP contribution in [0.1, 0.15) is 0 Å². The predicted octanol–water partition coefficient (Wildman–Crippen LogP) is 6.04. The second-order valence-electron chi connectivity index (χ2n) is 5.75. The van der Waals surface area contributed by atoms with E-state index in [9.17, 15) is 36.1 Å². The van der Waals surface area contributed by atoms with Gasteiger partial charge in [0.25, 0.3) is 0 Å². The molecule has 0 aromatic heterocycles. The minimum Gasteiger partial charge on any atom is -0.508 e. The van der Waals surface area contributed by atoms with Gasteiger partial charge in [-0.05, 0) is 72.8 Å². The van der Waals surface area contributed by atoms with E-state index in [0.717, 1.165) is 14.7 Å². The summed E-state index contributed by atoms with van der Waals surface area (Å²) in [6.45, 7) is 0. The van der Waals surface area contributed by atoms with Gasteiger partial charge in [0.15, 0.2) is 14.7 Å². The first-order chi connectivity index (χ1) is 13.1. The van der Waals surface area contributed by atoms with Crippen LogP contribution in [0.15, 0.2) is 87.5 Å². The van der Waals surface area contributed by atoms with Gasteiger partial charge in [0.2, 0.25) is 0 Å². The van der Waals surface area contributed by atoms with Crippen LogP contribution in [-0.2, 0) is 10.9 Å². The number of rotatable bonds is 3. The van der Waals surface area contributed by atoms with Crippen molar-refractivity contribution in [1.82, 2.24) is 0 Å². The number of aromatic hydroxyl groups is 3. The molecule has 158 valence electrons. The van der Waals surface area contributed by atoms with Crippen LogP contribution < -0.4 is 0 Å². The van der Waals surface area contributed by atoms with Crippen LogP contribution in [-0.4, -0.2) is 29.5 Å². The van der Waals surface area contributed by atoms with Gasteiger partial charge in [-0.3, -0.25) is 0 Å². The first-order valence-corrected chi connectivity index (χ1v) is 13.2. The van der Waals surface area contributed by atoms with Crippen molar-refractivity contribution in [2.75, 3.05) is 0 Å². The van der Waals surface area contributed by atoms with Crippen molar-refractivity contribution in [2.45, 2.75) is 14.7 Å². The fraction of sp³-hybridized carbons (Fsp3) is 0. The van der Waals surface area contributed by atoms with Gasteiger partial charge in [0.1, 0.15) is 17.2 Å². The van der Waals surface area contributed by atoms with Gasteiger partial charge in [0, 0.05) is 0 Å². The molecule has 11 heteroatoms. The largest absolute Gasteiger partial charge is 0.508 e. The second kappa shape index (κ2) is 7.42. The molecule has 29 heavy (non-hydrogen) atoms. The number of halogens is 6. The van der Waals surface area contributed by atoms with Crippen LogP contribution in [0, 0.1) is 0 Å². The molecule has 0 saturated heterocycles. The standard InChI is InChI=1S/C18H14O3S.AsF6/c19-13-1-7-16(8-2-13)22(17-9-3-14(20)4-10-17)18-11-5-15(21)6-12-18;2-1(3,4,5,6)7/h1-12H,(H2-,19,20,21);/q;-1/p+1. The molecule has 0 aliphatic carbocycles. The van der Waals surface area contributed by atoms with Gasteiger partial charge < -0.3 is 15.3 Å². The minimum absolute atomic E-state index is 0.226. The number of benzene rings is 3. The minimum atomic E-state index is -11.1. The first kappa shape index (κ1) is 22.8. The van der Waals surface area contributed by atoms with E-state index in [0.29, 0.717) is 0 Å². The van der Waals surface area contributed by atoms with Crippen molar-refractivity contribution >= 4 is 25.1 Å². The molecule has 0 fully saturated rings. The van der Waals surface area contributed by atoms with Crippen molar-refractivity contribution in [3.8, 4) is 17.2 Å². The molecule has 0 aliphatic heterocycles. The van der Waals surface area contributed by atoms with E-state index in [1.807, 2.05) is 36.4 Å². The van der Waals surface area contributed by atoms with Crippen molar-refractivity contribution < 1.29 is 36.1 Å². The van der Waals surface area contributed by atoms with Crippen molar-refractivity contribution in [3.63, 3.8) is 0 Å². The summed E-state index contributed by atoms with van der Waals surface area (Å²) >= 11 is -11.1. The first-order valence-electron chi connectivity index (χ1n) is 7.76. The molecule has 0 spiro atoms. The quantitative estimate of drug-likeness (QED) is 0.234. The summed E-state index contributed by atoms with van der Waals surface area (Å²) in [5.74, 6) is 0.677. The Bertz CT molecular complexity index is 841. The monoisotopic (exact) mass is 500 g/mol. The molecule has 0 bridgehead atoms. The predicted molar refractivity (Wildman–Crippen MR) is 98.9 cm³/mol. The van der Waals surface area contributed by atoms with Crippen LogP contribution >= 0.6 is 0 Å². The molecular formula is C18H15AsF6O3S. The van der Waals surface area contributed by atoms with Crippen LogP contribution in [0.2, 0.25) is 0 Å². The molecule has 3 aromatic rings. The molecule has 0 aliphatic rings. The van der Waals surface area contributed by atoms with Gasteiger partial charge in [-0.25, -0.2) is 0 Å². The van der Waals surface area contributed by atoms with Crippen molar-refractivity contribution in [3.05, 3.63) is 72.8 Å². The Hall–Kier alpha value is -2.45. The summed E-state index contributed by atoms with van der Waals surface area (Å²) in [5.41, 5.74) is 0. The Labute approximate surface area is 166 Å². The van der Waals surface area contributed by atoms with Crippen LogP contribution in [0.3, 0.4) is 0 Å². The maximum Gasteiger partial charge on any atom is 0.166 e. The topological polar surface area (TPSA) is 60.7 Å². The smallest absolute Gasteiger partial charge is 0.166 e. The molecule has 0 saturated carbocycles. The van der Waals surface area contributed by atoms with E-state index >= 15 is 0 Å². The van der Waals surface area contributed by atoms with Crippen LogP contribution in [0.5, 0.6) is 17.2 Å². The van der Waals surface area contributed by atoms with Crippen LogP contribution in [0.4, 0.5) is 20.8 Å². The fourth-order valence-corrected chi connectivity index (χ4v) is 4.20. The summed E-state index contributed by atoms with van der Waals surface area (Å²) < 4.78 is 59.4. The molecule has 3 rings (SSSR count). The maximum absolute atomic E-state index is 11.1. The van der Waals surface area contributed by atoms with E-state index in [1.165, 1.54) is 0 Å². The maximum atomic E-state index is 9.91. The molecule has 3 nitrogen and oxygen atoms in total. The van der Waals surface area contributed by atoms with Gasteiger partial charge in [-0.15, -0.1) is 0 Å². The third kappa shape index (κ3) is 9.06. The van der Waals surface area contributed by atoms with E-state index in [1.54, 1.807) is 36.4 Å². The summed E-state index contributed by atoms with van der Waals surface area (Å²) in [5, 5.41) is 28.5. The summed E-state index contributed by atoms with van der Waals surface area (Å²) in [6.07, 6.45) is 0. The summed E-state index contributed by atoms with van der Waals surface area (Å²) in [7, 11) is -0.373. The fourth-order valence-electron chi connectivity index (χ4n) is 2.15. The zero-order valence-electron chi connectivity index (χ0n) is 14.4. The van der Waals surface area contributed by atoms with Crippen LogP contribution in [0.25, 0.3) is 0 Å². The van der Waals surface area contributed by atoms with Gasteiger partial charge >= 0.3 is 35.0 Å². The molecule has 0 heterocycles. The van der Waals surface area contributed by atoms with Crippen molar-refractivity contribution in [1.29, 1.82) is 0 Å². The van der Waals surface area contributed by atoms with E-state index in [4.69, 9.17) is 0 Å². The van der Waals surface area contributed by atoms with E-state index in [2.05, 4.69) is 0 Å². The summed E-state index contributed by atoms with van der Waals surface area (Å²) in [6, 6.07) is 21.3. The second-order valence-corrected chi connectivity index (χ2v) is 11.8. The number of hydrogen-bond acceptors (Lipinski definition) is 3.